The molecule has 1 saturated carbocycles. The van der Waals surface area contributed by atoms with Crippen LogP contribution in [0.4, 0.5) is 0 Å². The van der Waals surface area contributed by atoms with Crippen molar-refractivity contribution < 1.29 is 5.11 Å². The number of rotatable bonds is 8. The predicted octanol–water partition coefficient (Wildman–Crippen LogP) is 3.07. The molecule has 4 heteroatoms. The minimum Gasteiger partial charge on any atom is -0.390 e. The molecule has 0 amide bonds. The number of aliphatic hydroxyl groups is 1. The van der Waals surface area contributed by atoms with E-state index in [2.05, 4.69) is 29.2 Å². The molecular formula is C17H31N3O. The Morgan fingerprint density at radius 1 is 1.33 bits per heavy atom. The lowest BCUT2D eigenvalue weighted by molar-refractivity contribution is 0.0504. The number of aromatic nitrogens is 2. The first-order chi connectivity index (χ1) is 10.1. The van der Waals surface area contributed by atoms with Gasteiger partial charge >= 0.3 is 0 Å². The van der Waals surface area contributed by atoms with Gasteiger partial charge in [0.25, 0.3) is 0 Å². The molecule has 1 aromatic heterocycles. The molecule has 1 fully saturated rings. The molecule has 0 radical (unpaired) electrons. The second kappa shape index (κ2) is 7.95. The number of nitrogens with one attached hydrogen (secondary N) is 1. The molecule has 1 atom stereocenters. The second-order valence-corrected chi connectivity index (χ2v) is 6.75. The molecule has 1 aromatic rings. The molecule has 4 nitrogen and oxygen atoms in total. The Balaban J connectivity index is 1.82. The third-order valence-electron chi connectivity index (χ3n) is 4.44. The van der Waals surface area contributed by atoms with E-state index in [0.29, 0.717) is 12.5 Å². The monoisotopic (exact) mass is 293 g/mol. The van der Waals surface area contributed by atoms with E-state index in [1.807, 2.05) is 6.92 Å². The van der Waals surface area contributed by atoms with Crippen LogP contribution in [0.1, 0.15) is 70.5 Å². The van der Waals surface area contributed by atoms with Gasteiger partial charge in [0.15, 0.2) is 0 Å². The van der Waals surface area contributed by atoms with Crippen LogP contribution >= 0.6 is 0 Å². The third kappa shape index (κ3) is 5.44. The van der Waals surface area contributed by atoms with Crippen LogP contribution in [0.2, 0.25) is 0 Å². The molecule has 21 heavy (non-hydrogen) atoms. The van der Waals surface area contributed by atoms with Crippen molar-refractivity contribution in [3.8, 4) is 0 Å². The Bertz CT molecular complexity index is 408. The minimum absolute atomic E-state index is 0.573. The quantitative estimate of drug-likeness (QED) is 0.724. The Kier molecular flexibility index (Phi) is 6.24. The van der Waals surface area contributed by atoms with Crippen molar-refractivity contribution in [3.05, 3.63) is 18.0 Å². The molecule has 1 heterocycles. The minimum atomic E-state index is -0.674. The summed E-state index contributed by atoms with van der Waals surface area (Å²) in [5.74, 6) is 0. The molecule has 2 N–H and O–H groups in total. The molecule has 2 rings (SSSR count). The van der Waals surface area contributed by atoms with E-state index in [1.165, 1.54) is 32.1 Å². The summed E-state index contributed by atoms with van der Waals surface area (Å²) in [6.45, 7) is 5.96. The number of hydrogen-bond acceptors (Lipinski definition) is 3. The first-order valence-corrected chi connectivity index (χ1v) is 8.58. The molecule has 1 unspecified atom stereocenters. The fraction of sp³-hybridized carbons (Fsp3) is 0.824. The van der Waals surface area contributed by atoms with Gasteiger partial charge in [0.1, 0.15) is 0 Å². The third-order valence-corrected chi connectivity index (χ3v) is 4.44. The van der Waals surface area contributed by atoms with Crippen LogP contribution in [-0.4, -0.2) is 33.6 Å². The SMILES string of the molecule is CCCNCCC(C)(O)Cc1ccn(C2CCCCC2)n1. The van der Waals surface area contributed by atoms with Gasteiger partial charge in [-0.05, 0) is 51.8 Å². The maximum Gasteiger partial charge on any atom is 0.0687 e. The summed E-state index contributed by atoms with van der Waals surface area (Å²) >= 11 is 0. The average molecular weight is 293 g/mol. The Morgan fingerprint density at radius 3 is 2.81 bits per heavy atom. The van der Waals surface area contributed by atoms with Gasteiger partial charge in [0.2, 0.25) is 0 Å². The van der Waals surface area contributed by atoms with Crippen LogP contribution in [0, 0.1) is 0 Å². The summed E-state index contributed by atoms with van der Waals surface area (Å²) in [5.41, 5.74) is 0.341. The molecule has 1 aliphatic rings. The highest BCUT2D eigenvalue weighted by atomic mass is 16.3. The number of nitrogens with zero attached hydrogens (tertiary/aromatic N) is 2. The van der Waals surface area contributed by atoms with Crippen LogP contribution in [0.25, 0.3) is 0 Å². The summed E-state index contributed by atoms with van der Waals surface area (Å²) in [6.07, 6.45) is 11.1. The molecule has 0 bridgehead atoms. The largest absolute Gasteiger partial charge is 0.390 e. The summed E-state index contributed by atoms with van der Waals surface area (Å²) < 4.78 is 2.12. The zero-order valence-corrected chi connectivity index (χ0v) is 13.6. The van der Waals surface area contributed by atoms with Gasteiger partial charge in [-0.1, -0.05) is 26.2 Å². The van der Waals surface area contributed by atoms with Gasteiger partial charge in [-0.2, -0.15) is 5.10 Å². The van der Waals surface area contributed by atoms with Crippen molar-refractivity contribution in [1.29, 1.82) is 0 Å². The summed E-state index contributed by atoms with van der Waals surface area (Å²) in [4.78, 5) is 0. The molecule has 1 aliphatic carbocycles. The predicted molar refractivity (Wildman–Crippen MR) is 86.5 cm³/mol. The summed E-state index contributed by atoms with van der Waals surface area (Å²) in [6, 6.07) is 2.64. The highest BCUT2D eigenvalue weighted by molar-refractivity contribution is 5.04. The Hall–Kier alpha value is -0.870. The van der Waals surface area contributed by atoms with E-state index in [9.17, 15) is 5.11 Å². The van der Waals surface area contributed by atoms with Crippen molar-refractivity contribution in [2.75, 3.05) is 13.1 Å². The van der Waals surface area contributed by atoms with Crippen molar-refractivity contribution in [2.24, 2.45) is 0 Å². The molecular weight excluding hydrogens is 262 g/mol. The van der Waals surface area contributed by atoms with Gasteiger partial charge < -0.3 is 10.4 Å². The van der Waals surface area contributed by atoms with Gasteiger partial charge in [-0.15, -0.1) is 0 Å². The first-order valence-electron chi connectivity index (χ1n) is 8.58. The van der Waals surface area contributed by atoms with Crippen molar-refractivity contribution in [1.82, 2.24) is 15.1 Å². The van der Waals surface area contributed by atoms with E-state index >= 15 is 0 Å². The van der Waals surface area contributed by atoms with E-state index in [4.69, 9.17) is 5.10 Å². The highest BCUT2D eigenvalue weighted by Gasteiger charge is 2.23. The smallest absolute Gasteiger partial charge is 0.0687 e. The van der Waals surface area contributed by atoms with Gasteiger partial charge in [-0.3, -0.25) is 4.68 Å². The highest BCUT2D eigenvalue weighted by Crippen LogP contribution is 2.27. The summed E-state index contributed by atoms with van der Waals surface area (Å²) in [5, 5.41) is 18.5. The zero-order chi connectivity index (χ0) is 15.1. The Labute approximate surface area is 128 Å². The lowest BCUT2D eigenvalue weighted by Crippen LogP contribution is -2.32. The fourth-order valence-electron chi connectivity index (χ4n) is 3.16. The Morgan fingerprint density at radius 2 is 2.10 bits per heavy atom. The average Bonchev–Trinajstić information content (AvgIpc) is 2.92. The topological polar surface area (TPSA) is 50.1 Å². The maximum atomic E-state index is 10.5. The van der Waals surface area contributed by atoms with Gasteiger partial charge in [0, 0.05) is 12.6 Å². The van der Waals surface area contributed by atoms with Crippen molar-refractivity contribution in [3.63, 3.8) is 0 Å². The lowest BCUT2D eigenvalue weighted by atomic mass is 9.96. The van der Waals surface area contributed by atoms with Gasteiger partial charge in [0.05, 0.1) is 17.3 Å². The molecule has 0 spiro atoms. The second-order valence-electron chi connectivity index (χ2n) is 6.75. The van der Waals surface area contributed by atoms with Crippen LogP contribution < -0.4 is 5.32 Å². The maximum absolute atomic E-state index is 10.5. The van der Waals surface area contributed by atoms with Crippen molar-refractivity contribution in [2.45, 2.75) is 76.9 Å². The summed E-state index contributed by atoms with van der Waals surface area (Å²) in [7, 11) is 0. The van der Waals surface area contributed by atoms with E-state index in [-0.39, 0.29) is 0 Å². The molecule has 120 valence electrons. The van der Waals surface area contributed by atoms with Gasteiger partial charge in [-0.25, -0.2) is 0 Å². The lowest BCUT2D eigenvalue weighted by Gasteiger charge is -2.23. The van der Waals surface area contributed by atoms with Crippen molar-refractivity contribution >= 4 is 0 Å². The fourth-order valence-corrected chi connectivity index (χ4v) is 3.16. The van der Waals surface area contributed by atoms with Crippen LogP contribution in [-0.2, 0) is 6.42 Å². The van der Waals surface area contributed by atoms with E-state index < -0.39 is 5.60 Å². The normalized spacial score (nSPS) is 19.6. The standard InChI is InChI=1S/C17H31N3O/c1-3-11-18-12-10-17(2,21)14-15-9-13-20(19-15)16-7-5-4-6-8-16/h9,13,16,18,21H,3-8,10-12,14H2,1-2H3. The molecule has 0 aliphatic heterocycles. The van der Waals surface area contributed by atoms with E-state index in [0.717, 1.165) is 31.6 Å². The number of hydrogen-bond donors (Lipinski definition) is 2. The molecule has 0 aromatic carbocycles. The van der Waals surface area contributed by atoms with E-state index in [1.54, 1.807) is 0 Å². The van der Waals surface area contributed by atoms with Crippen LogP contribution in [0.5, 0.6) is 0 Å². The first kappa shape index (κ1) is 16.5. The zero-order valence-electron chi connectivity index (χ0n) is 13.6. The molecule has 0 saturated heterocycles. The van der Waals surface area contributed by atoms with Crippen LogP contribution in [0.15, 0.2) is 12.3 Å². The van der Waals surface area contributed by atoms with Crippen LogP contribution in [0.3, 0.4) is 0 Å².